The first kappa shape index (κ1) is 16.3. The van der Waals surface area contributed by atoms with E-state index in [1.165, 1.54) is 31.2 Å². The molecule has 116 valence electrons. The maximum atomic E-state index is 12.0. The van der Waals surface area contributed by atoms with Crippen molar-refractivity contribution < 1.29 is 9.53 Å². The van der Waals surface area contributed by atoms with E-state index in [2.05, 4.69) is 28.2 Å². The normalized spacial score (nSPS) is 16.3. The fourth-order valence-corrected chi connectivity index (χ4v) is 3.26. The molecular formula is C17H24BrNO2. The summed E-state index contributed by atoms with van der Waals surface area (Å²) in [6.45, 7) is 2.20. The van der Waals surface area contributed by atoms with E-state index < -0.39 is 0 Å². The third-order valence-electron chi connectivity index (χ3n) is 3.98. The van der Waals surface area contributed by atoms with Gasteiger partial charge in [-0.1, -0.05) is 38.7 Å². The molecule has 1 aromatic carbocycles. The van der Waals surface area contributed by atoms with Crippen molar-refractivity contribution >= 4 is 21.8 Å². The summed E-state index contributed by atoms with van der Waals surface area (Å²) in [6, 6.07) is 6.32. The lowest BCUT2D eigenvalue weighted by Gasteiger charge is -2.16. The first-order chi connectivity index (χ1) is 10.2. The lowest BCUT2D eigenvalue weighted by Crippen LogP contribution is -2.37. The Balaban J connectivity index is 1.80. The molecule has 0 radical (unpaired) electrons. The number of aryl methyl sites for hydroxylation is 1. The van der Waals surface area contributed by atoms with Gasteiger partial charge in [0.2, 0.25) is 0 Å². The molecule has 4 heteroatoms. The van der Waals surface area contributed by atoms with Crippen LogP contribution in [0.3, 0.4) is 0 Å². The van der Waals surface area contributed by atoms with Gasteiger partial charge in [0.25, 0.3) is 5.91 Å². The summed E-state index contributed by atoms with van der Waals surface area (Å²) >= 11 is 3.49. The number of rotatable bonds is 5. The summed E-state index contributed by atoms with van der Waals surface area (Å²) in [6.07, 6.45) is 8.20. The zero-order chi connectivity index (χ0) is 15.1. The molecule has 1 N–H and O–H groups in total. The van der Waals surface area contributed by atoms with Gasteiger partial charge >= 0.3 is 0 Å². The number of ether oxygens (including phenoxy) is 1. The summed E-state index contributed by atoms with van der Waals surface area (Å²) in [4.78, 5) is 12.0. The van der Waals surface area contributed by atoms with Crippen LogP contribution >= 0.6 is 15.9 Å². The summed E-state index contributed by atoms with van der Waals surface area (Å²) in [5.41, 5.74) is 1.25. The Labute approximate surface area is 135 Å². The summed E-state index contributed by atoms with van der Waals surface area (Å²) in [5.74, 6) is 0.705. The Morgan fingerprint density at radius 3 is 2.62 bits per heavy atom. The van der Waals surface area contributed by atoms with Crippen molar-refractivity contribution in [3.05, 3.63) is 28.2 Å². The Morgan fingerprint density at radius 1 is 1.29 bits per heavy atom. The first-order valence-corrected chi connectivity index (χ1v) is 8.69. The van der Waals surface area contributed by atoms with Gasteiger partial charge in [-0.2, -0.15) is 0 Å². The van der Waals surface area contributed by atoms with Gasteiger partial charge in [0.15, 0.2) is 6.61 Å². The van der Waals surface area contributed by atoms with Crippen LogP contribution in [0.25, 0.3) is 0 Å². The molecule has 1 amide bonds. The van der Waals surface area contributed by atoms with E-state index in [0.717, 1.165) is 29.5 Å². The molecule has 2 rings (SSSR count). The Hall–Kier alpha value is -1.03. The monoisotopic (exact) mass is 353 g/mol. The second-order valence-electron chi connectivity index (χ2n) is 5.66. The minimum atomic E-state index is -0.0200. The number of nitrogens with one attached hydrogen (secondary N) is 1. The van der Waals surface area contributed by atoms with E-state index in [-0.39, 0.29) is 12.5 Å². The van der Waals surface area contributed by atoms with Gasteiger partial charge in [0.1, 0.15) is 5.75 Å². The lowest BCUT2D eigenvalue weighted by atomic mass is 10.1. The third-order valence-corrected chi connectivity index (χ3v) is 4.60. The van der Waals surface area contributed by atoms with Crippen LogP contribution in [0.5, 0.6) is 5.75 Å². The molecule has 0 atom stereocenters. The maximum Gasteiger partial charge on any atom is 0.258 e. The fraction of sp³-hybridized carbons (Fsp3) is 0.588. The molecule has 0 unspecified atom stereocenters. The highest BCUT2D eigenvalue weighted by molar-refractivity contribution is 9.10. The van der Waals surface area contributed by atoms with Gasteiger partial charge in [0.05, 0.1) is 4.47 Å². The van der Waals surface area contributed by atoms with Gasteiger partial charge in [-0.3, -0.25) is 4.79 Å². The van der Waals surface area contributed by atoms with Crippen LogP contribution in [-0.4, -0.2) is 18.6 Å². The van der Waals surface area contributed by atoms with Crippen molar-refractivity contribution in [2.45, 2.75) is 57.9 Å². The van der Waals surface area contributed by atoms with Gasteiger partial charge in [-0.25, -0.2) is 0 Å². The van der Waals surface area contributed by atoms with Crippen molar-refractivity contribution in [1.82, 2.24) is 5.32 Å². The van der Waals surface area contributed by atoms with Crippen molar-refractivity contribution in [3.8, 4) is 5.75 Å². The van der Waals surface area contributed by atoms with Gasteiger partial charge in [0, 0.05) is 6.04 Å². The average Bonchev–Trinajstić information content (AvgIpc) is 2.74. The van der Waals surface area contributed by atoms with Crippen LogP contribution in [0.4, 0.5) is 0 Å². The predicted molar refractivity (Wildman–Crippen MR) is 88.6 cm³/mol. The Morgan fingerprint density at radius 2 is 2.00 bits per heavy atom. The molecule has 0 aliphatic heterocycles. The van der Waals surface area contributed by atoms with Crippen LogP contribution in [0.15, 0.2) is 22.7 Å². The minimum Gasteiger partial charge on any atom is -0.483 e. The highest BCUT2D eigenvalue weighted by Gasteiger charge is 2.15. The lowest BCUT2D eigenvalue weighted by molar-refractivity contribution is -0.123. The largest absolute Gasteiger partial charge is 0.483 e. The number of benzene rings is 1. The number of carbonyl (C=O) groups is 1. The van der Waals surface area contributed by atoms with Gasteiger partial charge in [-0.15, -0.1) is 0 Å². The number of hydrogen-bond donors (Lipinski definition) is 1. The second kappa shape index (κ2) is 8.42. The van der Waals surface area contributed by atoms with Crippen LogP contribution in [0.2, 0.25) is 0 Å². The summed E-state index contributed by atoms with van der Waals surface area (Å²) in [7, 11) is 0. The molecule has 0 bridgehead atoms. The molecule has 0 spiro atoms. The van der Waals surface area contributed by atoms with Crippen molar-refractivity contribution in [2.24, 2.45) is 0 Å². The molecule has 1 saturated carbocycles. The number of halogens is 1. The van der Waals surface area contributed by atoms with E-state index in [4.69, 9.17) is 4.74 Å². The van der Waals surface area contributed by atoms with Crippen molar-refractivity contribution in [3.63, 3.8) is 0 Å². The minimum absolute atomic E-state index is 0.0200. The molecule has 0 saturated heterocycles. The number of hydrogen-bond acceptors (Lipinski definition) is 2. The van der Waals surface area contributed by atoms with E-state index in [1.807, 2.05) is 18.2 Å². The standard InChI is InChI=1S/C17H24BrNO2/c1-2-13-9-10-16(15(18)11-13)21-12-17(20)19-14-7-5-3-4-6-8-14/h9-11,14H,2-8,12H2,1H3,(H,19,20). The van der Waals surface area contributed by atoms with E-state index in [1.54, 1.807) is 0 Å². The van der Waals surface area contributed by atoms with Crippen molar-refractivity contribution in [2.75, 3.05) is 6.61 Å². The summed E-state index contributed by atoms with van der Waals surface area (Å²) in [5, 5.41) is 3.09. The molecule has 0 aromatic heterocycles. The topological polar surface area (TPSA) is 38.3 Å². The molecule has 1 aliphatic carbocycles. The zero-order valence-electron chi connectivity index (χ0n) is 12.7. The molecule has 21 heavy (non-hydrogen) atoms. The second-order valence-corrected chi connectivity index (χ2v) is 6.52. The van der Waals surface area contributed by atoms with E-state index in [0.29, 0.717) is 6.04 Å². The number of carbonyl (C=O) groups excluding carboxylic acids is 1. The molecule has 1 fully saturated rings. The third kappa shape index (κ3) is 5.34. The number of amides is 1. The zero-order valence-corrected chi connectivity index (χ0v) is 14.2. The first-order valence-electron chi connectivity index (χ1n) is 7.89. The van der Waals surface area contributed by atoms with Gasteiger partial charge in [-0.05, 0) is 52.9 Å². The van der Waals surface area contributed by atoms with Crippen molar-refractivity contribution in [1.29, 1.82) is 0 Å². The predicted octanol–water partition coefficient (Wildman–Crippen LogP) is 4.23. The Bertz CT molecular complexity index is 468. The Kier molecular flexibility index (Phi) is 6.55. The van der Waals surface area contributed by atoms with Crippen LogP contribution in [0.1, 0.15) is 51.0 Å². The highest BCUT2D eigenvalue weighted by atomic mass is 79.9. The SMILES string of the molecule is CCc1ccc(OCC(=O)NC2CCCCCC2)c(Br)c1. The highest BCUT2D eigenvalue weighted by Crippen LogP contribution is 2.26. The van der Waals surface area contributed by atoms with E-state index >= 15 is 0 Å². The smallest absolute Gasteiger partial charge is 0.258 e. The molecule has 1 aliphatic rings. The van der Waals surface area contributed by atoms with Crippen LogP contribution in [-0.2, 0) is 11.2 Å². The fourth-order valence-electron chi connectivity index (χ4n) is 2.72. The average molecular weight is 354 g/mol. The van der Waals surface area contributed by atoms with Crippen LogP contribution in [0, 0.1) is 0 Å². The maximum absolute atomic E-state index is 12.0. The molecule has 0 heterocycles. The molecule has 3 nitrogen and oxygen atoms in total. The van der Waals surface area contributed by atoms with Gasteiger partial charge < -0.3 is 10.1 Å². The molecule has 1 aromatic rings. The van der Waals surface area contributed by atoms with Crippen LogP contribution < -0.4 is 10.1 Å². The van der Waals surface area contributed by atoms with E-state index in [9.17, 15) is 4.79 Å². The quantitative estimate of drug-likeness (QED) is 0.804. The molecular weight excluding hydrogens is 330 g/mol. The summed E-state index contributed by atoms with van der Waals surface area (Å²) < 4.78 is 6.52.